The predicted octanol–water partition coefficient (Wildman–Crippen LogP) is 10.3. The molecule has 6 nitrogen and oxygen atoms in total. The van der Waals surface area contributed by atoms with Crippen LogP contribution in [-0.4, -0.2) is 32.4 Å². The van der Waals surface area contributed by atoms with Crippen LogP contribution in [-0.2, 0) is 0 Å². The highest BCUT2D eigenvalue weighted by molar-refractivity contribution is 7.11. The molecular formula is C35H44N2O4SSi. The summed E-state index contributed by atoms with van der Waals surface area (Å²) in [6.45, 7) is 20.3. The lowest BCUT2D eigenvalue weighted by Gasteiger charge is -2.42. The van der Waals surface area contributed by atoms with Crippen LogP contribution in [0.15, 0.2) is 46.9 Å². The van der Waals surface area contributed by atoms with E-state index in [1.165, 1.54) is 11.8 Å². The van der Waals surface area contributed by atoms with E-state index in [2.05, 4.69) is 91.0 Å². The van der Waals surface area contributed by atoms with Gasteiger partial charge in [-0.15, -0.1) is 11.3 Å². The Balaban J connectivity index is 1.78. The van der Waals surface area contributed by atoms with E-state index in [0.717, 1.165) is 49.9 Å². The lowest BCUT2D eigenvalue weighted by atomic mass is 9.83. The maximum Gasteiger partial charge on any atom is 0.258 e. The van der Waals surface area contributed by atoms with Crippen LogP contribution in [0, 0.1) is 0 Å². The number of nitrogens with zero attached hydrogens (tertiary/aromatic N) is 1. The van der Waals surface area contributed by atoms with E-state index in [-0.39, 0.29) is 5.54 Å². The Morgan fingerprint density at radius 1 is 0.977 bits per heavy atom. The first-order valence-electron chi connectivity index (χ1n) is 15.0. The summed E-state index contributed by atoms with van der Waals surface area (Å²) >= 11 is 1.57. The minimum absolute atomic E-state index is 0.182. The van der Waals surface area contributed by atoms with E-state index in [9.17, 15) is 5.21 Å². The third-order valence-corrected chi connectivity index (χ3v) is 15.7. The fraction of sp³-hybridized carbons (Fsp3) is 0.400. The van der Waals surface area contributed by atoms with Crippen molar-refractivity contribution >= 4 is 49.0 Å². The number of thiophene rings is 1. The molecule has 0 bridgehead atoms. The minimum atomic E-state index is -2.26. The fourth-order valence-corrected chi connectivity index (χ4v) is 13.3. The van der Waals surface area contributed by atoms with Crippen LogP contribution in [0.5, 0.6) is 17.2 Å². The second-order valence-corrected chi connectivity index (χ2v) is 19.4. The van der Waals surface area contributed by atoms with Gasteiger partial charge in [-0.2, -0.15) is 0 Å². The fourth-order valence-electron chi connectivity index (χ4n) is 7.30. The average Bonchev–Trinajstić information content (AvgIpc) is 3.36. The molecule has 0 radical (unpaired) electrons. The molecule has 0 unspecified atom stereocenters. The van der Waals surface area contributed by atoms with E-state index in [1.807, 2.05) is 29.7 Å². The second kappa shape index (κ2) is 11.5. The van der Waals surface area contributed by atoms with Gasteiger partial charge >= 0.3 is 0 Å². The van der Waals surface area contributed by atoms with E-state index < -0.39 is 8.32 Å². The normalized spacial score (nSPS) is 16.6. The van der Waals surface area contributed by atoms with E-state index in [0.29, 0.717) is 28.1 Å². The van der Waals surface area contributed by atoms with Gasteiger partial charge in [-0.3, -0.25) is 0 Å². The second-order valence-electron chi connectivity index (χ2n) is 13.1. The highest BCUT2D eigenvalue weighted by Crippen LogP contribution is 2.55. The van der Waals surface area contributed by atoms with Crippen LogP contribution in [0.25, 0.3) is 28.5 Å². The van der Waals surface area contributed by atoms with Gasteiger partial charge in [0.25, 0.3) is 8.32 Å². The van der Waals surface area contributed by atoms with Crippen LogP contribution >= 0.6 is 11.3 Å². The number of benzene rings is 2. The van der Waals surface area contributed by atoms with E-state index >= 15 is 0 Å². The Kier molecular flexibility index (Phi) is 8.31. The summed E-state index contributed by atoms with van der Waals surface area (Å²) < 4.78 is 20.2. The number of hydrogen-bond acceptors (Lipinski definition) is 7. The van der Waals surface area contributed by atoms with Crippen molar-refractivity contribution in [3.05, 3.63) is 63.4 Å². The summed E-state index contributed by atoms with van der Waals surface area (Å²) in [6, 6.07) is 10.3. The Morgan fingerprint density at radius 3 is 2.30 bits per heavy atom. The quantitative estimate of drug-likeness (QED) is 0.114. The van der Waals surface area contributed by atoms with Gasteiger partial charge in [-0.25, -0.2) is 0 Å². The lowest BCUT2D eigenvalue weighted by molar-refractivity contribution is 0.322. The molecule has 0 fully saturated rings. The molecule has 3 aromatic rings. The summed E-state index contributed by atoms with van der Waals surface area (Å²) in [6.07, 6.45) is 5.77. The predicted molar refractivity (Wildman–Crippen MR) is 184 cm³/mol. The number of oxime groups is 1. The van der Waals surface area contributed by atoms with Gasteiger partial charge in [-0.05, 0) is 78.7 Å². The van der Waals surface area contributed by atoms with Gasteiger partial charge in [0.1, 0.15) is 17.3 Å². The Labute approximate surface area is 261 Å². The zero-order chi connectivity index (χ0) is 31.3. The zero-order valence-electron chi connectivity index (χ0n) is 27.0. The van der Waals surface area contributed by atoms with Gasteiger partial charge < -0.3 is 24.4 Å². The molecule has 2 N–H and O–H groups in total. The molecule has 5 rings (SSSR count). The number of methoxy groups -OCH3 is 1. The van der Waals surface area contributed by atoms with Crippen LogP contribution in [0.2, 0.25) is 16.6 Å². The van der Waals surface area contributed by atoms with Crippen LogP contribution in [0.1, 0.15) is 83.9 Å². The summed E-state index contributed by atoms with van der Waals surface area (Å²) in [5.74, 6) is 2.92. The van der Waals surface area contributed by atoms with Crippen molar-refractivity contribution < 1.29 is 19.1 Å². The van der Waals surface area contributed by atoms with Crippen molar-refractivity contribution in [1.29, 1.82) is 0 Å². The first-order chi connectivity index (χ1) is 20.3. The Bertz CT molecular complexity index is 1610. The molecule has 0 saturated carbocycles. The molecule has 2 aliphatic heterocycles. The molecule has 2 aliphatic rings. The maximum absolute atomic E-state index is 9.25. The minimum Gasteiger partial charge on any atom is -0.540 e. The van der Waals surface area contributed by atoms with Gasteiger partial charge in [0.2, 0.25) is 0 Å². The smallest absolute Gasteiger partial charge is 0.258 e. The SMILES string of the molecule is COc1c(O[Si](C(C)C)(C(C)C)C(C)C)ccc2c1-c1ccc3c(c1/C(=C/c1sccc1/C=N/O)O2)C(C)=CC(C)(C)N3. The summed E-state index contributed by atoms with van der Waals surface area (Å²) in [4.78, 5) is 0.944. The molecule has 8 heteroatoms. The first kappa shape index (κ1) is 30.9. The van der Waals surface area contributed by atoms with Crippen molar-refractivity contribution in [3.63, 3.8) is 0 Å². The number of fused-ring (bicyclic) bond motifs is 5. The molecule has 43 heavy (non-hydrogen) atoms. The van der Waals surface area contributed by atoms with Gasteiger partial charge in [0, 0.05) is 32.8 Å². The van der Waals surface area contributed by atoms with Crippen molar-refractivity contribution in [3.8, 4) is 28.4 Å². The molecule has 0 amide bonds. The average molecular weight is 617 g/mol. The topological polar surface area (TPSA) is 72.3 Å². The van der Waals surface area contributed by atoms with Crippen molar-refractivity contribution in [2.24, 2.45) is 5.16 Å². The van der Waals surface area contributed by atoms with Crippen LogP contribution < -0.4 is 19.2 Å². The Hall–Kier alpha value is -3.49. The van der Waals surface area contributed by atoms with E-state index in [1.54, 1.807) is 18.4 Å². The third-order valence-electron chi connectivity index (χ3n) is 8.84. The largest absolute Gasteiger partial charge is 0.540 e. The number of ether oxygens (including phenoxy) is 2. The number of allylic oxidation sites excluding steroid dienone is 1. The molecule has 0 atom stereocenters. The molecule has 228 valence electrons. The molecular weight excluding hydrogens is 573 g/mol. The maximum atomic E-state index is 9.25. The van der Waals surface area contributed by atoms with Crippen molar-refractivity contribution in [1.82, 2.24) is 0 Å². The summed E-state index contributed by atoms with van der Waals surface area (Å²) in [5.41, 5.74) is 8.16. The molecule has 3 heterocycles. The number of hydrogen-bond donors (Lipinski definition) is 2. The number of anilines is 1. The van der Waals surface area contributed by atoms with Gasteiger partial charge in [0.05, 0.1) is 24.4 Å². The molecule has 1 aromatic heterocycles. The Morgan fingerprint density at radius 2 is 1.67 bits per heavy atom. The number of nitrogens with one attached hydrogen (secondary N) is 1. The summed E-state index contributed by atoms with van der Waals surface area (Å²) in [5, 5.41) is 18.2. The van der Waals surface area contributed by atoms with E-state index in [4.69, 9.17) is 13.9 Å². The summed E-state index contributed by atoms with van der Waals surface area (Å²) in [7, 11) is -0.538. The van der Waals surface area contributed by atoms with Crippen molar-refractivity contribution in [2.45, 2.75) is 84.5 Å². The molecule has 0 spiro atoms. The zero-order valence-corrected chi connectivity index (χ0v) is 28.8. The van der Waals surface area contributed by atoms with Crippen LogP contribution in [0.3, 0.4) is 0 Å². The monoisotopic (exact) mass is 616 g/mol. The highest BCUT2D eigenvalue weighted by atomic mass is 32.1. The lowest BCUT2D eigenvalue weighted by Crippen LogP contribution is -2.50. The molecule has 2 aromatic carbocycles. The van der Waals surface area contributed by atoms with Crippen LogP contribution in [0.4, 0.5) is 5.69 Å². The third kappa shape index (κ3) is 5.29. The van der Waals surface area contributed by atoms with Gasteiger partial charge in [-0.1, -0.05) is 58.8 Å². The standard InChI is InChI=1S/C35H44N2O4SSi/c1-20(2)43(21(3)4,22(5)6)41-28-14-13-27-33(34(28)39-10)25-11-12-26-31(23(7)18-35(8,9)37-26)32(25)29(40-27)17-30-24(19-36-38)15-16-42-30/h11-22,37-38H,1-10H3/b29-17-,36-19+. The van der Waals surface area contributed by atoms with Crippen molar-refractivity contribution in [2.75, 3.05) is 12.4 Å². The first-order valence-corrected chi connectivity index (χ1v) is 18.1. The highest BCUT2D eigenvalue weighted by Gasteiger charge is 2.48. The number of rotatable bonds is 8. The van der Waals surface area contributed by atoms with Gasteiger partial charge in [0.15, 0.2) is 5.75 Å². The molecule has 0 aliphatic carbocycles. The molecule has 0 saturated heterocycles.